The molecule has 0 aliphatic heterocycles. The molecule has 0 amide bonds. The summed E-state index contributed by atoms with van der Waals surface area (Å²) in [6, 6.07) is 10.3. The molecule has 0 aliphatic rings. The molecule has 0 fully saturated rings. The third-order valence-corrected chi connectivity index (χ3v) is 0.940. The maximum absolute atomic E-state index is 2.08. The van der Waals surface area contributed by atoms with Gasteiger partial charge in [-0.3, -0.25) is 0 Å². The van der Waals surface area contributed by atoms with E-state index >= 15 is 0 Å². The maximum atomic E-state index is 2.08. The van der Waals surface area contributed by atoms with Gasteiger partial charge in [0, 0.05) is 0 Å². The summed E-state index contributed by atoms with van der Waals surface area (Å²) < 4.78 is 0. The van der Waals surface area contributed by atoms with Crippen LogP contribution in [0.15, 0.2) is 30.3 Å². The molecule has 2 heteroatoms. The van der Waals surface area contributed by atoms with Gasteiger partial charge < -0.3 is 24.4 Å². The standard InChI is InChI=1S/C7H8.CH3.BrH.Mg/c1-7-5-3-2-4-6-7;;;/h2-6H,1H3;1H3;1H;/q;-1;;+2/p-1. The van der Waals surface area contributed by atoms with E-state index in [4.69, 9.17) is 0 Å². The molecule has 1 aromatic carbocycles. The fourth-order valence-electron chi connectivity index (χ4n) is 0.534. The Morgan fingerprint density at radius 2 is 1.40 bits per heavy atom. The van der Waals surface area contributed by atoms with Gasteiger partial charge in [0.25, 0.3) is 0 Å². The van der Waals surface area contributed by atoms with Crippen LogP contribution in [-0.4, -0.2) is 23.1 Å². The molecule has 0 radical (unpaired) electrons. The third kappa shape index (κ3) is 6.58. The van der Waals surface area contributed by atoms with Gasteiger partial charge in [-0.25, -0.2) is 0 Å². The molecule has 0 saturated carbocycles. The van der Waals surface area contributed by atoms with Crippen molar-refractivity contribution < 1.29 is 17.0 Å². The number of halogens is 1. The van der Waals surface area contributed by atoms with Crippen molar-refractivity contribution in [3.05, 3.63) is 43.3 Å². The molecule has 0 nitrogen and oxygen atoms in total. The van der Waals surface area contributed by atoms with Crippen LogP contribution in [0.25, 0.3) is 0 Å². The summed E-state index contributed by atoms with van der Waals surface area (Å²) in [5, 5.41) is 0. The van der Waals surface area contributed by atoms with Crippen molar-refractivity contribution in [2.75, 3.05) is 0 Å². The van der Waals surface area contributed by atoms with E-state index in [0.717, 1.165) is 0 Å². The quantitative estimate of drug-likeness (QED) is 0.384. The summed E-state index contributed by atoms with van der Waals surface area (Å²) in [6.07, 6.45) is 0. The molecule has 0 bridgehead atoms. The zero-order chi connectivity index (χ0) is 5.11. The molecule has 0 saturated heterocycles. The Labute approximate surface area is 89.9 Å². The van der Waals surface area contributed by atoms with Gasteiger partial charge in [-0.1, -0.05) is 35.9 Å². The molecule has 52 valence electrons. The average Bonchev–Trinajstić information content (AvgIpc) is 1.69. The summed E-state index contributed by atoms with van der Waals surface area (Å²) in [5.41, 5.74) is 1.32. The van der Waals surface area contributed by atoms with E-state index in [1.807, 2.05) is 18.2 Å². The van der Waals surface area contributed by atoms with Crippen LogP contribution in [0.2, 0.25) is 0 Å². The minimum Gasteiger partial charge on any atom is -1.00 e. The first kappa shape index (κ1) is 16.8. The molecular formula is C8H11BrMg. The van der Waals surface area contributed by atoms with Crippen molar-refractivity contribution in [1.29, 1.82) is 0 Å². The summed E-state index contributed by atoms with van der Waals surface area (Å²) >= 11 is 0. The van der Waals surface area contributed by atoms with Gasteiger partial charge >= 0.3 is 23.1 Å². The van der Waals surface area contributed by atoms with E-state index in [9.17, 15) is 0 Å². The Morgan fingerprint density at radius 3 is 1.60 bits per heavy atom. The minimum atomic E-state index is 0. The predicted octanol–water partition coefficient (Wildman–Crippen LogP) is -0.931. The van der Waals surface area contributed by atoms with Crippen LogP contribution in [0.4, 0.5) is 0 Å². The zero-order valence-electron chi connectivity index (χ0n) is 6.47. The molecule has 0 unspecified atom stereocenters. The van der Waals surface area contributed by atoms with Crippen molar-refractivity contribution in [2.24, 2.45) is 0 Å². The Bertz CT molecular complexity index is 139. The largest absolute Gasteiger partial charge is 2.00 e. The molecule has 0 N–H and O–H groups in total. The Hall–Kier alpha value is 0.466. The van der Waals surface area contributed by atoms with E-state index < -0.39 is 0 Å². The van der Waals surface area contributed by atoms with Crippen molar-refractivity contribution >= 4 is 23.1 Å². The van der Waals surface area contributed by atoms with E-state index in [-0.39, 0.29) is 47.5 Å². The van der Waals surface area contributed by atoms with Gasteiger partial charge in [0.05, 0.1) is 0 Å². The van der Waals surface area contributed by atoms with Gasteiger partial charge in [-0.05, 0) is 6.92 Å². The van der Waals surface area contributed by atoms with Crippen LogP contribution in [-0.2, 0) is 0 Å². The van der Waals surface area contributed by atoms with Crippen molar-refractivity contribution in [2.45, 2.75) is 6.92 Å². The van der Waals surface area contributed by atoms with Crippen LogP contribution in [0, 0.1) is 14.4 Å². The third-order valence-electron chi connectivity index (χ3n) is 0.940. The smallest absolute Gasteiger partial charge is 1.00 e. The van der Waals surface area contributed by atoms with Gasteiger partial charge in [0.15, 0.2) is 0 Å². The molecule has 0 aliphatic carbocycles. The van der Waals surface area contributed by atoms with Gasteiger partial charge in [0.1, 0.15) is 0 Å². The van der Waals surface area contributed by atoms with E-state index in [1.54, 1.807) is 0 Å². The molecule has 0 aromatic heterocycles. The molecule has 0 atom stereocenters. The first-order chi connectivity index (χ1) is 3.39. The number of aryl methyl sites for hydroxylation is 1. The molecule has 10 heavy (non-hydrogen) atoms. The number of hydrogen-bond acceptors (Lipinski definition) is 0. The topological polar surface area (TPSA) is 0 Å². The fourth-order valence-corrected chi connectivity index (χ4v) is 0.534. The van der Waals surface area contributed by atoms with Gasteiger partial charge in [-0.2, -0.15) is 0 Å². The number of hydrogen-bond donors (Lipinski definition) is 0. The zero-order valence-corrected chi connectivity index (χ0v) is 9.47. The number of rotatable bonds is 0. The normalized spacial score (nSPS) is 6.10. The molecule has 0 heterocycles. The Morgan fingerprint density at radius 1 is 1.00 bits per heavy atom. The fraction of sp³-hybridized carbons (Fsp3) is 0.125. The summed E-state index contributed by atoms with van der Waals surface area (Å²) in [5.74, 6) is 0. The molecular weight excluding hydrogens is 200 g/mol. The van der Waals surface area contributed by atoms with Crippen LogP contribution < -0.4 is 17.0 Å². The van der Waals surface area contributed by atoms with E-state index in [2.05, 4.69) is 19.1 Å². The number of benzene rings is 1. The second-order valence-corrected chi connectivity index (χ2v) is 1.65. The minimum absolute atomic E-state index is 0. The second-order valence-electron chi connectivity index (χ2n) is 1.65. The summed E-state index contributed by atoms with van der Waals surface area (Å²) in [7, 11) is 0. The van der Waals surface area contributed by atoms with Crippen molar-refractivity contribution in [1.82, 2.24) is 0 Å². The van der Waals surface area contributed by atoms with Crippen molar-refractivity contribution in [3.63, 3.8) is 0 Å². The second kappa shape index (κ2) is 9.47. The average molecular weight is 211 g/mol. The van der Waals surface area contributed by atoms with Gasteiger partial charge in [-0.15, -0.1) is 0 Å². The van der Waals surface area contributed by atoms with Crippen molar-refractivity contribution in [3.8, 4) is 0 Å². The monoisotopic (exact) mass is 210 g/mol. The Balaban J connectivity index is -0.000000163. The van der Waals surface area contributed by atoms with E-state index in [0.29, 0.717) is 0 Å². The molecule has 0 spiro atoms. The SMILES string of the molecule is Cc1ccccc1.[Br-].[CH3-].[Mg+2]. The first-order valence-corrected chi connectivity index (χ1v) is 2.41. The van der Waals surface area contributed by atoms with Crippen LogP contribution in [0.1, 0.15) is 5.56 Å². The van der Waals surface area contributed by atoms with Gasteiger partial charge in [0.2, 0.25) is 0 Å². The van der Waals surface area contributed by atoms with Crippen LogP contribution >= 0.6 is 0 Å². The predicted molar refractivity (Wildman–Crippen MR) is 43.3 cm³/mol. The maximum Gasteiger partial charge on any atom is 2.00 e. The molecule has 1 rings (SSSR count). The first-order valence-electron chi connectivity index (χ1n) is 2.41. The van der Waals surface area contributed by atoms with Crippen LogP contribution in [0.5, 0.6) is 0 Å². The molecule has 1 aromatic rings. The summed E-state index contributed by atoms with van der Waals surface area (Å²) in [6.45, 7) is 2.08. The summed E-state index contributed by atoms with van der Waals surface area (Å²) in [4.78, 5) is 0. The van der Waals surface area contributed by atoms with Crippen LogP contribution in [0.3, 0.4) is 0 Å². The Kier molecular flexibility index (Phi) is 15.9. The van der Waals surface area contributed by atoms with E-state index in [1.165, 1.54) is 5.56 Å².